The van der Waals surface area contributed by atoms with E-state index in [1.165, 1.54) is 24.1 Å². The van der Waals surface area contributed by atoms with Crippen LogP contribution in [0.4, 0.5) is 5.82 Å². The first-order valence-corrected chi connectivity index (χ1v) is 8.08. The Morgan fingerprint density at radius 1 is 1.30 bits per heavy atom. The van der Waals surface area contributed by atoms with Crippen LogP contribution in [0.1, 0.15) is 51.3 Å². The summed E-state index contributed by atoms with van der Waals surface area (Å²) in [6.45, 7) is 9.75. The van der Waals surface area contributed by atoms with Gasteiger partial charge in [0.2, 0.25) is 0 Å². The molecule has 1 fully saturated rings. The molecule has 112 valence electrons. The number of aromatic nitrogens is 1. The number of hydrogen-bond acceptors (Lipinski definition) is 3. The van der Waals surface area contributed by atoms with Crippen LogP contribution in [0.2, 0.25) is 0 Å². The van der Waals surface area contributed by atoms with Gasteiger partial charge in [0.25, 0.3) is 0 Å². The van der Waals surface area contributed by atoms with Crippen molar-refractivity contribution in [2.45, 2.75) is 53.0 Å². The van der Waals surface area contributed by atoms with Gasteiger partial charge in [-0.1, -0.05) is 27.2 Å². The van der Waals surface area contributed by atoms with E-state index >= 15 is 0 Å². The van der Waals surface area contributed by atoms with Crippen molar-refractivity contribution in [2.75, 3.05) is 18.0 Å². The molecule has 0 aromatic carbocycles. The topological polar surface area (TPSA) is 42.1 Å². The highest BCUT2D eigenvalue weighted by Crippen LogP contribution is 2.27. The maximum atomic E-state index is 5.83. The van der Waals surface area contributed by atoms with Crippen molar-refractivity contribution in [3.8, 4) is 0 Å². The molecule has 0 aliphatic carbocycles. The highest BCUT2D eigenvalue weighted by atomic mass is 15.2. The van der Waals surface area contributed by atoms with Gasteiger partial charge >= 0.3 is 0 Å². The zero-order chi connectivity index (χ0) is 14.5. The Morgan fingerprint density at radius 2 is 2.00 bits per heavy atom. The molecule has 0 bridgehead atoms. The molecule has 2 heterocycles. The van der Waals surface area contributed by atoms with E-state index in [9.17, 15) is 0 Å². The SMILES string of the molecule is CCCc1cc(CN)cc(N2CCC(C(C)C)CC2)n1. The molecule has 0 amide bonds. The van der Waals surface area contributed by atoms with Gasteiger partial charge in [0.15, 0.2) is 0 Å². The van der Waals surface area contributed by atoms with Crippen LogP contribution in [-0.2, 0) is 13.0 Å². The lowest BCUT2D eigenvalue weighted by Gasteiger charge is -2.35. The summed E-state index contributed by atoms with van der Waals surface area (Å²) in [6.07, 6.45) is 4.75. The molecule has 2 rings (SSSR count). The molecule has 2 N–H and O–H groups in total. The van der Waals surface area contributed by atoms with E-state index < -0.39 is 0 Å². The Labute approximate surface area is 123 Å². The third-order valence-corrected chi connectivity index (χ3v) is 4.47. The van der Waals surface area contributed by atoms with Crippen LogP contribution in [0.25, 0.3) is 0 Å². The van der Waals surface area contributed by atoms with Crippen molar-refractivity contribution in [2.24, 2.45) is 17.6 Å². The van der Waals surface area contributed by atoms with Crippen LogP contribution < -0.4 is 10.6 Å². The number of aryl methyl sites for hydroxylation is 1. The summed E-state index contributed by atoms with van der Waals surface area (Å²) in [5, 5.41) is 0. The summed E-state index contributed by atoms with van der Waals surface area (Å²) < 4.78 is 0. The van der Waals surface area contributed by atoms with Crippen molar-refractivity contribution in [1.29, 1.82) is 0 Å². The van der Waals surface area contributed by atoms with Gasteiger partial charge < -0.3 is 10.6 Å². The predicted octanol–water partition coefficient (Wildman–Crippen LogP) is 3.37. The fraction of sp³-hybridized carbons (Fsp3) is 0.706. The van der Waals surface area contributed by atoms with Crippen LogP contribution in [0, 0.1) is 11.8 Å². The van der Waals surface area contributed by atoms with Gasteiger partial charge in [0.05, 0.1) is 0 Å². The second-order valence-electron chi connectivity index (χ2n) is 6.35. The second kappa shape index (κ2) is 7.07. The first kappa shape index (κ1) is 15.3. The third-order valence-electron chi connectivity index (χ3n) is 4.47. The lowest BCUT2D eigenvalue weighted by atomic mass is 9.87. The van der Waals surface area contributed by atoms with Gasteiger partial charge in [-0.25, -0.2) is 4.98 Å². The van der Waals surface area contributed by atoms with Crippen molar-refractivity contribution in [3.63, 3.8) is 0 Å². The van der Waals surface area contributed by atoms with Crippen molar-refractivity contribution in [3.05, 3.63) is 23.4 Å². The summed E-state index contributed by atoms with van der Waals surface area (Å²) in [5.74, 6) is 2.81. The van der Waals surface area contributed by atoms with Crippen LogP contribution in [0.3, 0.4) is 0 Å². The molecule has 0 radical (unpaired) electrons. The molecule has 3 nitrogen and oxygen atoms in total. The minimum absolute atomic E-state index is 0.606. The Balaban J connectivity index is 2.10. The average molecular weight is 275 g/mol. The van der Waals surface area contributed by atoms with Crippen LogP contribution in [0.15, 0.2) is 12.1 Å². The molecule has 1 aromatic rings. The van der Waals surface area contributed by atoms with Crippen LogP contribution >= 0.6 is 0 Å². The zero-order valence-corrected chi connectivity index (χ0v) is 13.2. The molecule has 0 spiro atoms. The molecule has 1 aliphatic heterocycles. The Morgan fingerprint density at radius 3 is 2.55 bits per heavy atom. The van der Waals surface area contributed by atoms with Gasteiger partial charge in [-0.15, -0.1) is 0 Å². The average Bonchev–Trinajstić information content (AvgIpc) is 2.47. The molecule has 1 saturated heterocycles. The minimum Gasteiger partial charge on any atom is -0.357 e. The molecule has 1 aromatic heterocycles. The first-order valence-electron chi connectivity index (χ1n) is 8.08. The normalized spacial score (nSPS) is 16.9. The van der Waals surface area contributed by atoms with E-state index in [0.717, 1.165) is 43.6 Å². The van der Waals surface area contributed by atoms with Gasteiger partial charge in [-0.2, -0.15) is 0 Å². The fourth-order valence-corrected chi connectivity index (χ4v) is 3.09. The molecule has 0 unspecified atom stereocenters. The van der Waals surface area contributed by atoms with E-state index in [4.69, 9.17) is 10.7 Å². The fourth-order valence-electron chi connectivity index (χ4n) is 3.09. The smallest absolute Gasteiger partial charge is 0.129 e. The highest BCUT2D eigenvalue weighted by Gasteiger charge is 2.22. The van der Waals surface area contributed by atoms with Crippen LogP contribution in [0.5, 0.6) is 0 Å². The summed E-state index contributed by atoms with van der Waals surface area (Å²) in [5.41, 5.74) is 8.23. The number of hydrogen-bond donors (Lipinski definition) is 1. The largest absolute Gasteiger partial charge is 0.357 e. The van der Waals surface area contributed by atoms with E-state index in [2.05, 4.69) is 37.8 Å². The highest BCUT2D eigenvalue weighted by molar-refractivity contribution is 5.43. The summed E-state index contributed by atoms with van der Waals surface area (Å²) in [6, 6.07) is 4.34. The molecule has 20 heavy (non-hydrogen) atoms. The van der Waals surface area contributed by atoms with Gasteiger partial charge in [-0.05, 0) is 48.8 Å². The molecule has 3 heteroatoms. The van der Waals surface area contributed by atoms with Crippen LogP contribution in [-0.4, -0.2) is 18.1 Å². The molecule has 0 atom stereocenters. The Bertz CT molecular complexity index is 420. The molecule has 0 saturated carbocycles. The maximum absolute atomic E-state index is 5.83. The number of pyridine rings is 1. The third kappa shape index (κ3) is 3.72. The van der Waals surface area contributed by atoms with E-state index in [0.29, 0.717) is 6.54 Å². The van der Waals surface area contributed by atoms with Crippen molar-refractivity contribution < 1.29 is 0 Å². The van der Waals surface area contributed by atoms with Crippen molar-refractivity contribution >= 4 is 5.82 Å². The standard InChI is InChI=1S/C17H29N3/c1-4-5-16-10-14(12-18)11-17(19-16)20-8-6-15(7-9-20)13(2)3/h10-11,13,15H,4-9,12,18H2,1-3H3. The zero-order valence-electron chi connectivity index (χ0n) is 13.2. The first-order chi connectivity index (χ1) is 9.63. The Hall–Kier alpha value is -1.09. The van der Waals surface area contributed by atoms with E-state index in [-0.39, 0.29) is 0 Å². The minimum atomic E-state index is 0.606. The summed E-state index contributed by atoms with van der Waals surface area (Å²) in [7, 11) is 0. The molecular weight excluding hydrogens is 246 g/mol. The number of nitrogens with two attached hydrogens (primary N) is 1. The molecule has 1 aliphatic rings. The van der Waals surface area contributed by atoms with Gasteiger partial charge in [-0.3, -0.25) is 0 Å². The molecular formula is C17H29N3. The maximum Gasteiger partial charge on any atom is 0.129 e. The van der Waals surface area contributed by atoms with Crippen molar-refractivity contribution in [1.82, 2.24) is 4.98 Å². The number of rotatable bonds is 5. The monoisotopic (exact) mass is 275 g/mol. The lowest BCUT2D eigenvalue weighted by Crippen LogP contribution is -2.36. The number of piperidine rings is 1. The van der Waals surface area contributed by atoms with E-state index in [1.807, 2.05) is 0 Å². The van der Waals surface area contributed by atoms with Gasteiger partial charge in [0.1, 0.15) is 5.82 Å². The number of nitrogens with zero attached hydrogens (tertiary/aromatic N) is 2. The predicted molar refractivity (Wildman–Crippen MR) is 85.9 cm³/mol. The quantitative estimate of drug-likeness (QED) is 0.896. The Kier molecular flexibility index (Phi) is 5.41. The summed E-state index contributed by atoms with van der Waals surface area (Å²) >= 11 is 0. The summed E-state index contributed by atoms with van der Waals surface area (Å²) in [4.78, 5) is 7.28. The second-order valence-corrected chi connectivity index (χ2v) is 6.35. The van der Waals surface area contributed by atoms with E-state index in [1.54, 1.807) is 0 Å². The lowest BCUT2D eigenvalue weighted by molar-refractivity contribution is 0.310. The van der Waals surface area contributed by atoms with Gasteiger partial charge in [0, 0.05) is 25.3 Å². The number of anilines is 1.